The highest BCUT2D eigenvalue weighted by Crippen LogP contribution is 2.52. The van der Waals surface area contributed by atoms with E-state index >= 15 is 0 Å². The first kappa shape index (κ1) is 14.2. The second-order valence-electron chi connectivity index (χ2n) is 5.32. The van der Waals surface area contributed by atoms with Crippen molar-refractivity contribution in [1.82, 2.24) is 0 Å². The van der Waals surface area contributed by atoms with Gasteiger partial charge in [-0.2, -0.15) is 0 Å². The molecule has 2 N–H and O–H groups in total. The molecule has 1 amide bonds. The molecule has 1 fully saturated rings. The van der Waals surface area contributed by atoms with E-state index in [1.54, 1.807) is 0 Å². The van der Waals surface area contributed by atoms with Crippen molar-refractivity contribution in [3.63, 3.8) is 0 Å². The van der Waals surface area contributed by atoms with Crippen LogP contribution in [0.3, 0.4) is 0 Å². The Balaban J connectivity index is 2.32. The molecular formula is C13H13Cl2NO3. The van der Waals surface area contributed by atoms with E-state index in [0.717, 1.165) is 6.42 Å². The smallest absolute Gasteiger partial charge is 0.339 e. The summed E-state index contributed by atoms with van der Waals surface area (Å²) >= 11 is 11.8. The normalized spacial score (nSPS) is 19.9. The Bertz CT molecular complexity index is 569. The summed E-state index contributed by atoms with van der Waals surface area (Å²) in [6, 6.07) is 2.86. The maximum Gasteiger partial charge on any atom is 0.339 e. The van der Waals surface area contributed by atoms with Crippen molar-refractivity contribution < 1.29 is 14.7 Å². The summed E-state index contributed by atoms with van der Waals surface area (Å²) in [7, 11) is 0. The van der Waals surface area contributed by atoms with E-state index in [-0.39, 0.29) is 38.5 Å². The van der Waals surface area contributed by atoms with Crippen LogP contribution in [0.5, 0.6) is 0 Å². The van der Waals surface area contributed by atoms with E-state index in [4.69, 9.17) is 28.3 Å². The Labute approximate surface area is 120 Å². The topological polar surface area (TPSA) is 66.4 Å². The second-order valence-corrected chi connectivity index (χ2v) is 6.13. The Morgan fingerprint density at radius 1 is 1.32 bits per heavy atom. The maximum absolute atomic E-state index is 12.0. The van der Waals surface area contributed by atoms with Crippen molar-refractivity contribution in [1.29, 1.82) is 0 Å². The first-order valence-corrected chi connectivity index (χ1v) is 6.52. The number of carboxylic acids is 1. The van der Waals surface area contributed by atoms with Gasteiger partial charge >= 0.3 is 5.97 Å². The van der Waals surface area contributed by atoms with Gasteiger partial charge in [-0.15, -0.1) is 0 Å². The van der Waals surface area contributed by atoms with Crippen LogP contribution >= 0.6 is 23.2 Å². The second kappa shape index (κ2) is 4.69. The van der Waals surface area contributed by atoms with Crippen LogP contribution in [0.1, 0.15) is 30.6 Å². The van der Waals surface area contributed by atoms with Crippen molar-refractivity contribution in [3.05, 3.63) is 27.7 Å². The molecule has 0 spiro atoms. The monoisotopic (exact) mass is 301 g/mol. The molecule has 1 aliphatic rings. The average molecular weight is 302 g/mol. The molecule has 0 saturated heterocycles. The van der Waals surface area contributed by atoms with Gasteiger partial charge in [0.25, 0.3) is 0 Å². The number of hydrogen-bond donors (Lipinski definition) is 2. The number of nitrogens with one attached hydrogen (secondary N) is 1. The lowest BCUT2D eigenvalue weighted by molar-refractivity contribution is -0.118. The summed E-state index contributed by atoms with van der Waals surface area (Å²) in [5, 5.41) is 11.9. The maximum atomic E-state index is 12.0. The van der Waals surface area contributed by atoms with Gasteiger partial charge in [0, 0.05) is 5.92 Å². The summed E-state index contributed by atoms with van der Waals surface area (Å²) in [5.41, 5.74) is -0.159. The Hall–Kier alpha value is -1.26. The van der Waals surface area contributed by atoms with Crippen LogP contribution in [0.15, 0.2) is 12.1 Å². The molecule has 6 heteroatoms. The fraction of sp³-hybridized carbons (Fsp3) is 0.385. The lowest BCUT2D eigenvalue weighted by Gasteiger charge is -2.12. The lowest BCUT2D eigenvalue weighted by atomic mass is 10.1. The zero-order chi connectivity index (χ0) is 14.4. The molecule has 2 rings (SSSR count). The van der Waals surface area contributed by atoms with E-state index < -0.39 is 5.97 Å². The number of amides is 1. The number of anilines is 1. The van der Waals surface area contributed by atoms with Gasteiger partial charge in [-0.05, 0) is 24.0 Å². The lowest BCUT2D eigenvalue weighted by Crippen LogP contribution is -2.19. The van der Waals surface area contributed by atoms with Crippen molar-refractivity contribution in [2.45, 2.75) is 20.3 Å². The fourth-order valence-corrected chi connectivity index (χ4v) is 2.45. The average Bonchev–Trinajstić information content (AvgIpc) is 2.92. The zero-order valence-electron chi connectivity index (χ0n) is 10.5. The van der Waals surface area contributed by atoms with Crippen LogP contribution in [-0.4, -0.2) is 17.0 Å². The van der Waals surface area contributed by atoms with Crippen molar-refractivity contribution in [2.24, 2.45) is 11.3 Å². The summed E-state index contributed by atoms with van der Waals surface area (Å²) in [6.45, 7) is 3.96. The molecule has 19 heavy (non-hydrogen) atoms. The van der Waals surface area contributed by atoms with Crippen molar-refractivity contribution in [2.75, 3.05) is 5.32 Å². The molecule has 1 saturated carbocycles. The molecule has 1 unspecified atom stereocenters. The Morgan fingerprint density at radius 3 is 2.32 bits per heavy atom. The molecule has 102 valence electrons. The number of carbonyl (C=O) groups is 2. The molecule has 1 aliphatic carbocycles. The van der Waals surface area contributed by atoms with Gasteiger partial charge in [-0.25, -0.2) is 4.79 Å². The highest BCUT2D eigenvalue weighted by atomic mass is 35.5. The van der Waals surface area contributed by atoms with Crippen LogP contribution in [0.2, 0.25) is 10.0 Å². The SMILES string of the molecule is CC1(C)CC1C(=O)Nc1c(Cl)ccc(Cl)c1C(=O)O. The molecule has 0 heterocycles. The first-order chi connectivity index (χ1) is 8.74. The van der Waals surface area contributed by atoms with Gasteiger partial charge in [0.2, 0.25) is 5.91 Å². The molecule has 0 aromatic heterocycles. The highest BCUT2D eigenvalue weighted by Gasteiger charge is 2.50. The predicted molar refractivity (Wildman–Crippen MR) is 73.9 cm³/mol. The number of carbonyl (C=O) groups excluding carboxylic acids is 1. The molecule has 0 bridgehead atoms. The quantitative estimate of drug-likeness (QED) is 0.895. The van der Waals surface area contributed by atoms with E-state index in [9.17, 15) is 9.59 Å². The number of rotatable bonds is 3. The first-order valence-electron chi connectivity index (χ1n) is 5.76. The third kappa shape index (κ3) is 2.69. The van der Waals surface area contributed by atoms with Crippen LogP contribution in [0.4, 0.5) is 5.69 Å². The minimum Gasteiger partial charge on any atom is -0.478 e. The molecular weight excluding hydrogens is 289 g/mol. The molecule has 1 aromatic rings. The number of aromatic carboxylic acids is 1. The molecule has 4 nitrogen and oxygen atoms in total. The molecule has 1 aromatic carbocycles. The minimum absolute atomic E-state index is 0.0431. The molecule has 1 atom stereocenters. The fourth-order valence-electron chi connectivity index (χ4n) is 2.01. The van der Waals surface area contributed by atoms with E-state index in [1.165, 1.54) is 12.1 Å². The van der Waals surface area contributed by atoms with E-state index in [1.807, 2.05) is 13.8 Å². The highest BCUT2D eigenvalue weighted by molar-refractivity contribution is 6.38. The summed E-state index contributed by atoms with van der Waals surface area (Å²) in [5.74, 6) is -1.57. The largest absolute Gasteiger partial charge is 0.478 e. The standard InChI is InChI=1S/C13H13Cl2NO3/c1-13(2)5-6(13)11(17)16-10-8(15)4-3-7(14)9(10)12(18)19/h3-4,6H,5H2,1-2H3,(H,16,17)(H,18,19). The summed E-state index contributed by atoms with van der Waals surface area (Å²) in [6.07, 6.45) is 0.777. The van der Waals surface area contributed by atoms with E-state index in [2.05, 4.69) is 5.32 Å². The minimum atomic E-state index is -1.22. The van der Waals surface area contributed by atoms with Crippen LogP contribution in [-0.2, 0) is 4.79 Å². The van der Waals surface area contributed by atoms with Crippen LogP contribution in [0, 0.1) is 11.3 Å². The van der Waals surface area contributed by atoms with E-state index in [0.29, 0.717) is 0 Å². The number of carboxylic acid groups (broad SMARTS) is 1. The van der Waals surface area contributed by atoms with Gasteiger partial charge in [0.15, 0.2) is 0 Å². The van der Waals surface area contributed by atoms with Gasteiger partial charge < -0.3 is 10.4 Å². The Kier molecular flexibility index (Phi) is 3.49. The van der Waals surface area contributed by atoms with Gasteiger partial charge in [-0.3, -0.25) is 4.79 Å². The van der Waals surface area contributed by atoms with Crippen LogP contribution < -0.4 is 5.32 Å². The Morgan fingerprint density at radius 2 is 1.84 bits per heavy atom. The zero-order valence-corrected chi connectivity index (χ0v) is 12.0. The third-order valence-corrected chi connectivity index (χ3v) is 4.03. The van der Waals surface area contributed by atoms with Gasteiger partial charge in [0.05, 0.1) is 15.7 Å². The third-order valence-electron chi connectivity index (χ3n) is 3.40. The predicted octanol–water partition coefficient (Wildman–Crippen LogP) is 3.68. The van der Waals surface area contributed by atoms with Crippen molar-refractivity contribution in [3.8, 4) is 0 Å². The van der Waals surface area contributed by atoms with Crippen molar-refractivity contribution >= 4 is 40.8 Å². The molecule has 0 aliphatic heterocycles. The summed E-state index contributed by atoms with van der Waals surface area (Å²) < 4.78 is 0. The number of halogens is 2. The van der Waals surface area contributed by atoms with Gasteiger partial charge in [-0.1, -0.05) is 37.0 Å². The number of hydrogen-bond acceptors (Lipinski definition) is 2. The molecule has 0 radical (unpaired) electrons. The van der Waals surface area contributed by atoms with Gasteiger partial charge in [0.1, 0.15) is 5.56 Å². The summed E-state index contributed by atoms with van der Waals surface area (Å²) in [4.78, 5) is 23.2. The number of benzene rings is 1. The van der Waals surface area contributed by atoms with Crippen LogP contribution in [0.25, 0.3) is 0 Å².